The van der Waals surface area contributed by atoms with Crippen LogP contribution in [-0.2, 0) is 24.1 Å². The first-order valence-corrected chi connectivity index (χ1v) is 8.36. The van der Waals surface area contributed by atoms with E-state index in [0.717, 1.165) is 13.4 Å². The zero-order valence-corrected chi connectivity index (χ0v) is 13.9. The van der Waals surface area contributed by atoms with Gasteiger partial charge in [-0.05, 0) is 31.5 Å². The number of esters is 1. The molecule has 2 amide bonds. The minimum atomic E-state index is -3.49. The van der Waals surface area contributed by atoms with Crippen LogP contribution in [-0.4, -0.2) is 45.9 Å². The number of carbonyl (C=O) groups excluding carboxylic acids is 3. The molecule has 0 bridgehead atoms. The molecule has 126 valence electrons. The molecule has 0 aromatic heterocycles. The molecule has 0 unspecified atom stereocenters. The van der Waals surface area contributed by atoms with Gasteiger partial charge >= 0.3 is 12.1 Å². The quantitative estimate of drug-likeness (QED) is 0.805. The number of imide groups is 1. The summed E-state index contributed by atoms with van der Waals surface area (Å²) in [6.07, 6.45) is -1.23. The van der Waals surface area contributed by atoms with E-state index in [-0.39, 0.29) is 10.5 Å². The number of ether oxygens (including phenoxy) is 2. The molecule has 0 spiro atoms. The maximum Gasteiger partial charge on any atom is 0.413 e. The van der Waals surface area contributed by atoms with Crippen molar-refractivity contribution in [2.24, 2.45) is 0 Å². The van der Waals surface area contributed by atoms with Crippen molar-refractivity contribution >= 4 is 27.8 Å². The van der Waals surface area contributed by atoms with Crippen LogP contribution in [0.3, 0.4) is 0 Å². The first-order valence-electron chi connectivity index (χ1n) is 6.46. The number of amides is 2. The molecule has 23 heavy (non-hydrogen) atoms. The van der Waals surface area contributed by atoms with E-state index in [1.54, 1.807) is 6.92 Å². The van der Waals surface area contributed by atoms with Gasteiger partial charge < -0.3 is 9.47 Å². The summed E-state index contributed by atoms with van der Waals surface area (Å²) < 4.78 is 32.3. The molecular weight excluding hydrogens is 326 g/mol. The number of rotatable bonds is 4. The van der Waals surface area contributed by atoms with Crippen LogP contribution in [0.4, 0.5) is 4.79 Å². The Kier molecular flexibility index (Phi) is 5.85. The van der Waals surface area contributed by atoms with E-state index in [1.165, 1.54) is 25.1 Å². The summed E-state index contributed by atoms with van der Waals surface area (Å²) in [6, 6.07) is 4.01. The number of carbonyl (C=O) groups is 3. The van der Waals surface area contributed by atoms with Gasteiger partial charge in [0.2, 0.25) is 0 Å². The van der Waals surface area contributed by atoms with Crippen molar-refractivity contribution in [2.75, 3.05) is 13.4 Å². The molecule has 0 saturated heterocycles. The van der Waals surface area contributed by atoms with E-state index in [4.69, 9.17) is 4.74 Å². The first kappa shape index (κ1) is 18.6. The van der Waals surface area contributed by atoms with E-state index in [9.17, 15) is 22.8 Å². The molecule has 0 aliphatic heterocycles. The summed E-state index contributed by atoms with van der Waals surface area (Å²) in [6.45, 7) is 2.87. The average Bonchev–Trinajstić information content (AvgIpc) is 2.45. The fraction of sp³-hybridized carbons (Fsp3) is 0.357. The SMILES string of the molecule is COC(=O)NC(=O)[C@@H](C)OC(=O)c1cc(S(C)(=O)=O)ccc1C. The molecule has 0 heterocycles. The molecule has 0 aliphatic rings. The molecule has 0 radical (unpaired) electrons. The van der Waals surface area contributed by atoms with E-state index in [0.29, 0.717) is 5.56 Å². The average molecular weight is 343 g/mol. The fourth-order valence-electron chi connectivity index (χ4n) is 1.58. The Morgan fingerprint density at radius 1 is 1.22 bits per heavy atom. The number of hydrogen-bond donors (Lipinski definition) is 1. The smallest absolute Gasteiger partial charge is 0.413 e. The van der Waals surface area contributed by atoms with Gasteiger partial charge in [-0.3, -0.25) is 10.1 Å². The van der Waals surface area contributed by atoms with Crippen molar-refractivity contribution in [2.45, 2.75) is 24.8 Å². The molecule has 1 rings (SSSR count). The molecule has 0 saturated carbocycles. The Labute approximate surface area is 133 Å². The van der Waals surface area contributed by atoms with Crippen LogP contribution in [0.1, 0.15) is 22.8 Å². The minimum absolute atomic E-state index is 0.0191. The number of benzene rings is 1. The van der Waals surface area contributed by atoms with E-state index >= 15 is 0 Å². The van der Waals surface area contributed by atoms with Gasteiger partial charge in [0.15, 0.2) is 15.9 Å². The highest BCUT2D eigenvalue weighted by molar-refractivity contribution is 7.90. The lowest BCUT2D eigenvalue weighted by molar-refractivity contribution is -0.128. The van der Waals surface area contributed by atoms with Crippen LogP contribution in [0, 0.1) is 6.92 Å². The lowest BCUT2D eigenvalue weighted by Gasteiger charge is -2.14. The van der Waals surface area contributed by atoms with Crippen LogP contribution >= 0.6 is 0 Å². The van der Waals surface area contributed by atoms with Gasteiger partial charge in [-0.2, -0.15) is 0 Å². The predicted octanol–water partition coefficient (Wildman–Crippen LogP) is 0.826. The maximum atomic E-state index is 12.1. The minimum Gasteiger partial charge on any atom is -0.453 e. The van der Waals surface area contributed by atoms with Gasteiger partial charge in [0.25, 0.3) is 5.91 Å². The highest BCUT2D eigenvalue weighted by atomic mass is 32.2. The van der Waals surface area contributed by atoms with Crippen molar-refractivity contribution in [1.82, 2.24) is 5.32 Å². The number of nitrogens with one attached hydrogen (secondary N) is 1. The second kappa shape index (κ2) is 7.23. The van der Waals surface area contributed by atoms with Crippen molar-refractivity contribution in [3.63, 3.8) is 0 Å². The van der Waals surface area contributed by atoms with Gasteiger partial charge in [-0.15, -0.1) is 0 Å². The zero-order valence-electron chi connectivity index (χ0n) is 13.1. The molecule has 0 aliphatic carbocycles. The van der Waals surface area contributed by atoms with Crippen molar-refractivity contribution < 1.29 is 32.3 Å². The molecule has 9 heteroatoms. The van der Waals surface area contributed by atoms with E-state index in [1.807, 2.05) is 5.32 Å². The van der Waals surface area contributed by atoms with E-state index < -0.39 is 33.9 Å². The molecular formula is C14H17NO7S. The van der Waals surface area contributed by atoms with Gasteiger partial charge in [-0.25, -0.2) is 18.0 Å². The second-order valence-corrected chi connectivity index (χ2v) is 6.79. The third kappa shape index (κ3) is 5.06. The molecule has 1 aromatic carbocycles. The van der Waals surface area contributed by atoms with Gasteiger partial charge in [0.1, 0.15) is 0 Å². The maximum absolute atomic E-state index is 12.1. The summed E-state index contributed by atoms with van der Waals surface area (Å²) >= 11 is 0. The van der Waals surface area contributed by atoms with Gasteiger partial charge in [0, 0.05) is 6.26 Å². The highest BCUT2D eigenvalue weighted by Crippen LogP contribution is 2.17. The normalized spacial score (nSPS) is 12.2. The fourth-order valence-corrected chi connectivity index (χ4v) is 2.23. The van der Waals surface area contributed by atoms with Gasteiger partial charge in [0.05, 0.1) is 17.6 Å². The molecule has 1 N–H and O–H groups in total. The summed E-state index contributed by atoms with van der Waals surface area (Å²) in [4.78, 5) is 34.6. The van der Waals surface area contributed by atoms with Crippen molar-refractivity contribution in [1.29, 1.82) is 0 Å². The Bertz CT molecular complexity index is 739. The van der Waals surface area contributed by atoms with Crippen molar-refractivity contribution in [3.8, 4) is 0 Å². The summed E-state index contributed by atoms with van der Waals surface area (Å²) in [7, 11) is -2.41. The molecule has 1 aromatic rings. The summed E-state index contributed by atoms with van der Waals surface area (Å²) in [5.74, 6) is -1.73. The lowest BCUT2D eigenvalue weighted by Crippen LogP contribution is -2.39. The molecule has 8 nitrogen and oxygen atoms in total. The number of hydrogen-bond acceptors (Lipinski definition) is 7. The highest BCUT2D eigenvalue weighted by Gasteiger charge is 2.23. The Morgan fingerprint density at radius 2 is 1.83 bits per heavy atom. The second-order valence-electron chi connectivity index (χ2n) is 4.78. The summed E-state index contributed by atoms with van der Waals surface area (Å²) in [5.41, 5.74) is 0.508. The summed E-state index contributed by atoms with van der Waals surface area (Å²) in [5, 5.41) is 1.86. The van der Waals surface area contributed by atoms with Crippen LogP contribution in [0.5, 0.6) is 0 Å². The topological polar surface area (TPSA) is 116 Å². The third-order valence-electron chi connectivity index (χ3n) is 2.92. The Morgan fingerprint density at radius 3 is 2.35 bits per heavy atom. The predicted molar refractivity (Wildman–Crippen MR) is 79.7 cm³/mol. The third-order valence-corrected chi connectivity index (χ3v) is 4.03. The largest absolute Gasteiger partial charge is 0.453 e. The van der Waals surface area contributed by atoms with Crippen LogP contribution in [0.15, 0.2) is 23.1 Å². The Balaban J connectivity index is 2.94. The van der Waals surface area contributed by atoms with Crippen LogP contribution in [0.25, 0.3) is 0 Å². The van der Waals surface area contributed by atoms with Gasteiger partial charge in [-0.1, -0.05) is 6.07 Å². The standard InChI is InChI=1S/C14H17NO7S/c1-8-5-6-10(23(4,19)20)7-11(8)13(17)22-9(2)12(16)15-14(18)21-3/h5-7,9H,1-4H3,(H,15,16,18)/t9-/m1/s1. The van der Waals surface area contributed by atoms with Crippen molar-refractivity contribution in [3.05, 3.63) is 29.3 Å². The number of alkyl carbamates (subject to hydrolysis) is 1. The van der Waals surface area contributed by atoms with E-state index in [2.05, 4.69) is 4.74 Å². The Hall–Kier alpha value is -2.42. The molecule has 1 atom stereocenters. The first-order chi connectivity index (χ1) is 10.6. The number of sulfone groups is 1. The monoisotopic (exact) mass is 343 g/mol. The lowest BCUT2D eigenvalue weighted by atomic mass is 10.1. The molecule has 0 fully saturated rings. The number of methoxy groups -OCH3 is 1. The van der Waals surface area contributed by atoms with Crippen LogP contribution in [0.2, 0.25) is 0 Å². The zero-order chi connectivity index (χ0) is 17.8. The van der Waals surface area contributed by atoms with Crippen LogP contribution < -0.4 is 5.32 Å². The number of aryl methyl sites for hydroxylation is 1.